The van der Waals surface area contributed by atoms with Crippen molar-refractivity contribution in [2.75, 3.05) is 45.9 Å². The molecule has 2 aliphatic heterocycles. The van der Waals surface area contributed by atoms with E-state index in [4.69, 9.17) is 10.5 Å². The molecule has 2 saturated heterocycles. The monoisotopic (exact) mass is 289 g/mol. The molecule has 2 aliphatic rings. The van der Waals surface area contributed by atoms with Gasteiger partial charge in [-0.2, -0.15) is 0 Å². The molecule has 0 saturated carbocycles. The van der Waals surface area contributed by atoms with Crippen molar-refractivity contribution in [1.29, 1.82) is 0 Å². The van der Waals surface area contributed by atoms with Crippen LogP contribution in [0.15, 0.2) is 30.3 Å². The fraction of sp³-hybridized carbons (Fsp3) is 0.647. The first-order valence-electron chi connectivity index (χ1n) is 8.12. The minimum atomic E-state index is 0.155. The van der Waals surface area contributed by atoms with Gasteiger partial charge in [-0.05, 0) is 18.4 Å². The molecular formula is C17H27N3O. The molecule has 1 unspecified atom stereocenters. The van der Waals surface area contributed by atoms with E-state index >= 15 is 0 Å². The van der Waals surface area contributed by atoms with Crippen LogP contribution in [0.2, 0.25) is 0 Å². The van der Waals surface area contributed by atoms with Crippen molar-refractivity contribution in [2.24, 2.45) is 5.73 Å². The topological polar surface area (TPSA) is 41.7 Å². The van der Waals surface area contributed by atoms with Gasteiger partial charge in [-0.25, -0.2) is 0 Å². The molecule has 1 atom stereocenters. The molecule has 21 heavy (non-hydrogen) atoms. The molecule has 0 radical (unpaired) electrons. The lowest BCUT2D eigenvalue weighted by molar-refractivity contribution is 0.0855. The van der Waals surface area contributed by atoms with Gasteiger partial charge in [0.15, 0.2) is 0 Å². The normalized spacial score (nSPS) is 28.6. The minimum absolute atomic E-state index is 0.155. The van der Waals surface area contributed by atoms with E-state index in [1.807, 2.05) is 0 Å². The van der Waals surface area contributed by atoms with Crippen LogP contribution >= 0.6 is 0 Å². The lowest BCUT2D eigenvalue weighted by atomic mass is 9.95. The number of nitrogens with zero attached hydrogens (tertiary/aromatic N) is 2. The second-order valence-electron chi connectivity index (χ2n) is 6.33. The van der Waals surface area contributed by atoms with E-state index in [1.165, 1.54) is 12.0 Å². The molecule has 4 nitrogen and oxygen atoms in total. The molecule has 0 amide bonds. The van der Waals surface area contributed by atoms with Crippen molar-refractivity contribution in [1.82, 2.24) is 9.80 Å². The van der Waals surface area contributed by atoms with Gasteiger partial charge in [0.25, 0.3) is 0 Å². The van der Waals surface area contributed by atoms with Crippen LogP contribution in [0.5, 0.6) is 0 Å². The van der Waals surface area contributed by atoms with Gasteiger partial charge < -0.3 is 10.5 Å². The number of hydrogen-bond acceptors (Lipinski definition) is 4. The highest BCUT2D eigenvalue weighted by molar-refractivity contribution is 5.15. The van der Waals surface area contributed by atoms with Crippen molar-refractivity contribution in [2.45, 2.75) is 24.9 Å². The summed E-state index contributed by atoms with van der Waals surface area (Å²) >= 11 is 0. The summed E-state index contributed by atoms with van der Waals surface area (Å²) in [5, 5.41) is 0. The summed E-state index contributed by atoms with van der Waals surface area (Å²) in [4.78, 5) is 5.14. The summed E-state index contributed by atoms with van der Waals surface area (Å²) in [5.74, 6) is 0. The van der Waals surface area contributed by atoms with Crippen LogP contribution < -0.4 is 5.73 Å². The summed E-state index contributed by atoms with van der Waals surface area (Å²) in [5.41, 5.74) is 7.75. The van der Waals surface area contributed by atoms with E-state index in [2.05, 4.69) is 40.1 Å². The molecular weight excluding hydrogens is 262 g/mol. The Bertz CT molecular complexity index is 431. The highest BCUT2D eigenvalue weighted by Crippen LogP contribution is 2.29. The summed E-state index contributed by atoms with van der Waals surface area (Å²) in [7, 11) is 0. The largest absolute Gasteiger partial charge is 0.380 e. The number of nitrogens with two attached hydrogens (primary N) is 1. The van der Waals surface area contributed by atoms with Crippen LogP contribution in [-0.4, -0.2) is 61.3 Å². The maximum atomic E-state index is 6.20. The van der Waals surface area contributed by atoms with Crippen molar-refractivity contribution in [3.05, 3.63) is 35.9 Å². The minimum Gasteiger partial charge on any atom is -0.380 e. The van der Waals surface area contributed by atoms with E-state index < -0.39 is 0 Å². The molecule has 0 aromatic heterocycles. The fourth-order valence-corrected chi connectivity index (χ4v) is 3.69. The molecule has 0 spiro atoms. The second kappa shape index (κ2) is 6.88. The lowest BCUT2D eigenvalue weighted by Crippen LogP contribution is -2.56. The van der Waals surface area contributed by atoms with Gasteiger partial charge in [0.05, 0.1) is 6.61 Å². The van der Waals surface area contributed by atoms with Crippen LogP contribution in [-0.2, 0) is 11.3 Å². The molecule has 116 valence electrons. The van der Waals surface area contributed by atoms with Crippen molar-refractivity contribution in [3.8, 4) is 0 Å². The Morgan fingerprint density at radius 1 is 1.10 bits per heavy atom. The third-order valence-corrected chi connectivity index (χ3v) is 4.93. The molecule has 0 aliphatic carbocycles. The molecule has 2 heterocycles. The van der Waals surface area contributed by atoms with E-state index in [1.54, 1.807) is 0 Å². The number of likely N-dealkylation sites (tertiary alicyclic amines) is 1. The maximum Gasteiger partial charge on any atom is 0.0593 e. The SMILES string of the molecule is NCC1(N2CCCOCC2)CCN(Cc2ccccc2)C1. The summed E-state index contributed by atoms with van der Waals surface area (Å²) in [6.45, 7) is 7.89. The Morgan fingerprint density at radius 3 is 2.76 bits per heavy atom. The van der Waals surface area contributed by atoms with E-state index in [-0.39, 0.29) is 5.54 Å². The average molecular weight is 289 g/mol. The highest BCUT2D eigenvalue weighted by atomic mass is 16.5. The van der Waals surface area contributed by atoms with Gasteiger partial charge in [0.2, 0.25) is 0 Å². The quantitative estimate of drug-likeness (QED) is 0.907. The van der Waals surface area contributed by atoms with Crippen molar-refractivity contribution in [3.63, 3.8) is 0 Å². The van der Waals surface area contributed by atoms with E-state index in [0.717, 1.165) is 58.9 Å². The first kappa shape index (κ1) is 15.0. The fourth-order valence-electron chi connectivity index (χ4n) is 3.69. The predicted molar refractivity (Wildman–Crippen MR) is 85.1 cm³/mol. The highest BCUT2D eigenvalue weighted by Gasteiger charge is 2.41. The van der Waals surface area contributed by atoms with Gasteiger partial charge >= 0.3 is 0 Å². The zero-order valence-corrected chi connectivity index (χ0v) is 12.8. The third kappa shape index (κ3) is 3.46. The maximum absolute atomic E-state index is 6.20. The van der Waals surface area contributed by atoms with Crippen molar-refractivity contribution >= 4 is 0 Å². The number of hydrogen-bond donors (Lipinski definition) is 1. The van der Waals surface area contributed by atoms with Gasteiger partial charge in [-0.1, -0.05) is 30.3 Å². The average Bonchev–Trinajstić information content (AvgIpc) is 2.75. The molecule has 4 heteroatoms. The zero-order valence-electron chi connectivity index (χ0n) is 12.8. The smallest absolute Gasteiger partial charge is 0.0593 e. The Kier molecular flexibility index (Phi) is 4.91. The number of benzene rings is 1. The van der Waals surface area contributed by atoms with Gasteiger partial charge in [0.1, 0.15) is 0 Å². The Balaban J connectivity index is 1.64. The second-order valence-corrected chi connectivity index (χ2v) is 6.33. The Labute approximate surface area is 127 Å². The van der Waals surface area contributed by atoms with Gasteiger partial charge in [-0.15, -0.1) is 0 Å². The summed E-state index contributed by atoms with van der Waals surface area (Å²) in [6, 6.07) is 10.7. The van der Waals surface area contributed by atoms with Crippen LogP contribution in [0.25, 0.3) is 0 Å². The van der Waals surface area contributed by atoms with E-state index in [0.29, 0.717) is 0 Å². The molecule has 1 aromatic carbocycles. The predicted octanol–water partition coefficient (Wildman–Crippen LogP) is 1.31. The number of rotatable bonds is 4. The summed E-state index contributed by atoms with van der Waals surface area (Å²) < 4.78 is 5.60. The number of ether oxygens (including phenoxy) is 1. The lowest BCUT2D eigenvalue weighted by Gasteiger charge is -2.40. The molecule has 2 N–H and O–H groups in total. The van der Waals surface area contributed by atoms with Crippen LogP contribution in [0.3, 0.4) is 0 Å². The third-order valence-electron chi connectivity index (χ3n) is 4.93. The standard InChI is InChI=1S/C17H27N3O/c18-14-17(20-8-4-11-21-12-10-20)7-9-19(15-17)13-16-5-2-1-3-6-16/h1-3,5-6H,4,7-15,18H2. The zero-order chi connectivity index (χ0) is 14.5. The summed E-state index contributed by atoms with van der Waals surface area (Å²) in [6.07, 6.45) is 2.30. The van der Waals surface area contributed by atoms with Gasteiger partial charge in [-0.3, -0.25) is 9.80 Å². The van der Waals surface area contributed by atoms with Crippen LogP contribution in [0, 0.1) is 0 Å². The Morgan fingerprint density at radius 2 is 1.95 bits per heavy atom. The molecule has 0 bridgehead atoms. The first-order valence-corrected chi connectivity index (χ1v) is 8.12. The van der Waals surface area contributed by atoms with E-state index in [9.17, 15) is 0 Å². The first-order chi connectivity index (χ1) is 10.3. The molecule has 1 aromatic rings. The van der Waals surface area contributed by atoms with Gasteiger partial charge in [0, 0.05) is 51.4 Å². The van der Waals surface area contributed by atoms with Crippen LogP contribution in [0.4, 0.5) is 0 Å². The Hall–Kier alpha value is -0.940. The molecule has 3 rings (SSSR count). The van der Waals surface area contributed by atoms with Crippen molar-refractivity contribution < 1.29 is 4.74 Å². The molecule has 2 fully saturated rings. The van der Waals surface area contributed by atoms with Crippen LogP contribution in [0.1, 0.15) is 18.4 Å².